The lowest BCUT2D eigenvalue weighted by Crippen LogP contribution is -2.16. The third-order valence-corrected chi connectivity index (χ3v) is 2.88. The molecule has 1 aromatic carbocycles. The van der Waals surface area contributed by atoms with Crippen LogP contribution in [0.1, 0.15) is 5.76 Å². The van der Waals surface area contributed by atoms with Crippen LogP contribution in [0, 0.1) is 6.92 Å². The highest BCUT2D eigenvalue weighted by Crippen LogP contribution is 2.16. The van der Waals surface area contributed by atoms with E-state index >= 15 is 0 Å². The number of furan rings is 1. The van der Waals surface area contributed by atoms with Crippen molar-refractivity contribution in [2.45, 2.75) is 6.92 Å². The van der Waals surface area contributed by atoms with E-state index in [1.165, 1.54) is 0 Å². The molecule has 3 rings (SSSR count). The number of fused-ring (bicyclic) bond motifs is 1. The molecule has 0 atom stereocenters. The Bertz CT molecular complexity index is 767. The van der Waals surface area contributed by atoms with Gasteiger partial charge in [0, 0.05) is 17.6 Å². The van der Waals surface area contributed by atoms with Crippen molar-refractivity contribution in [3.05, 3.63) is 58.7 Å². The lowest BCUT2D eigenvalue weighted by atomic mass is 10.2. The van der Waals surface area contributed by atoms with Crippen molar-refractivity contribution in [1.29, 1.82) is 0 Å². The molecular weight excluding hydrogens is 228 g/mol. The van der Waals surface area contributed by atoms with Crippen LogP contribution >= 0.6 is 0 Å². The second-order valence-electron chi connectivity index (χ2n) is 4.22. The quantitative estimate of drug-likeness (QED) is 0.665. The van der Waals surface area contributed by atoms with Gasteiger partial charge in [-0.1, -0.05) is 0 Å². The van der Waals surface area contributed by atoms with Gasteiger partial charge in [0.2, 0.25) is 0 Å². The number of nitrogens with two attached hydrogens (primary N) is 1. The molecule has 2 heterocycles. The van der Waals surface area contributed by atoms with Gasteiger partial charge in [-0.15, -0.1) is 0 Å². The lowest BCUT2D eigenvalue weighted by Gasteiger charge is -2.05. The number of aryl methyl sites for hydroxylation is 1. The van der Waals surface area contributed by atoms with Gasteiger partial charge in [-0.05, 0) is 43.3 Å². The summed E-state index contributed by atoms with van der Waals surface area (Å²) >= 11 is 0. The Hall–Kier alpha value is -2.49. The molecule has 0 radical (unpaired) electrons. The van der Waals surface area contributed by atoms with Gasteiger partial charge in [-0.2, -0.15) is 0 Å². The highest BCUT2D eigenvalue weighted by atomic mass is 16.3. The maximum Gasteiger partial charge on any atom is 0.266 e. The first-order valence-electron chi connectivity index (χ1n) is 5.63. The molecule has 18 heavy (non-hydrogen) atoms. The van der Waals surface area contributed by atoms with Crippen LogP contribution < -0.4 is 11.3 Å². The number of pyridine rings is 1. The zero-order chi connectivity index (χ0) is 12.7. The molecule has 0 unspecified atom stereocenters. The van der Waals surface area contributed by atoms with Crippen molar-refractivity contribution >= 4 is 16.7 Å². The third-order valence-electron chi connectivity index (χ3n) is 2.88. The van der Waals surface area contributed by atoms with Crippen LogP contribution in [-0.4, -0.2) is 4.57 Å². The molecule has 3 aromatic rings. The monoisotopic (exact) mass is 240 g/mol. The number of nitrogens with zero attached hydrogens (tertiary/aromatic N) is 1. The summed E-state index contributed by atoms with van der Waals surface area (Å²) < 4.78 is 7.01. The van der Waals surface area contributed by atoms with Crippen LogP contribution in [0.15, 0.2) is 51.8 Å². The molecule has 0 fully saturated rings. The fourth-order valence-electron chi connectivity index (χ4n) is 2.00. The Morgan fingerprint density at radius 1 is 1.17 bits per heavy atom. The molecular formula is C14H12N2O2. The molecule has 0 spiro atoms. The van der Waals surface area contributed by atoms with Gasteiger partial charge in [0.25, 0.3) is 5.56 Å². The fourth-order valence-corrected chi connectivity index (χ4v) is 2.00. The van der Waals surface area contributed by atoms with Crippen molar-refractivity contribution in [3.8, 4) is 5.69 Å². The average Bonchev–Trinajstić information content (AvgIpc) is 2.73. The molecule has 0 aliphatic carbocycles. The van der Waals surface area contributed by atoms with E-state index in [0.29, 0.717) is 16.7 Å². The summed E-state index contributed by atoms with van der Waals surface area (Å²) in [4.78, 5) is 12.3. The van der Waals surface area contributed by atoms with E-state index in [-0.39, 0.29) is 5.56 Å². The Morgan fingerprint density at radius 2 is 1.89 bits per heavy atom. The molecule has 2 N–H and O–H groups in total. The molecule has 0 saturated carbocycles. The maximum atomic E-state index is 12.3. The third kappa shape index (κ3) is 1.59. The number of benzene rings is 1. The number of rotatable bonds is 1. The number of nitrogen functional groups attached to an aromatic ring is 1. The average molecular weight is 240 g/mol. The molecule has 0 amide bonds. The van der Waals surface area contributed by atoms with Crippen molar-refractivity contribution < 1.29 is 4.42 Å². The standard InChI is InChI=1S/C14H12N2O2/c1-9-8-12-13(18-9)6-7-16(14(12)17)11-4-2-10(15)3-5-11/h2-8H,15H2,1H3. The van der Waals surface area contributed by atoms with Gasteiger partial charge in [0.05, 0.1) is 5.39 Å². The first-order chi connectivity index (χ1) is 8.65. The van der Waals surface area contributed by atoms with Crippen LogP contribution in [0.5, 0.6) is 0 Å². The minimum atomic E-state index is -0.0888. The largest absolute Gasteiger partial charge is 0.461 e. The normalized spacial score (nSPS) is 10.9. The van der Waals surface area contributed by atoms with Gasteiger partial charge in [-0.3, -0.25) is 9.36 Å². The van der Waals surface area contributed by atoms with E-state index in [1.807, 2.05) is 19.1 Å². The smallest absolute Gasteiger partial charge is 0.266 e. The van der Waals surface area contributed by atoms with Crippen LogP contribution in [0.4, 0.5) is 5.69 Å². The van der Waals surface area contributed by atoms with E-state index in [2.05, 4.69) is 0 Å². The highest BCUT2D eigenvalue weighted by molar-refractivity contribution is 5.77. The van der Waals surface area contributed by atoms with Crippen molar-refractivity contribution in [2.24, 2.45) is 0 Å². The fraction of sp³-hybridized carbons (Fsp3) is 0.0714. The van der Waals surface area contributed by atoms with E-state index in [1.54, 1.807) is 35.0 Å². The van der Waals surface area contributed by atoms with Crippen LogP contribution in [0.2, 0.25) is 0 Å². The minimum Gasteiger partial charge on any atom is -0.461 e. The number of hydrogen-bond acceptors (Lipinski definition) is 3. The first-order valence-corrected chi connectivity index (χ1v) is 5.63. The van der Waals surface area contributed by atoms with E-state index in [9.17, 15) is 4.79 Å². The van der Waals surface area contributed by atoms with Crippen molar-refractivity contribution in [2.75, 3.05) is 5.73 Å². The molecule has 0 saturated heterocycles. The molecule has 4 nitrogen and oxygen atoms in total. The number of aromatic nitrogens is 1. The van der Waals surface area contributed by atoms with E-state index < -0.39 is 0 Å². The van der Waals surface area contributed by atoms with Crippen LogP contribution in [0.3, 0.4) is 0 Å². The zero-order valence-electron chi connectivity index (χ0n) is 9.88. The molecule has 90 valence electrons. The first kappa shape index (κ1) is 10.7. The van der Waals surface area contributed by atoms with Gasteiger partial charge < -0.3 is 10.2 Å². The maximum absolute atomic E-state index is 12.3. The van der Waals surface area contributed by atoms with Crippen molar-refractivity contribution in [1.82, 2.24) is 4.57 Å². The summed E-state index contributed by atoms with van der Waals surface area (Å²) in [5.74, 6) is 0.733. The molecule has 4 heteroatoms. The minimum absolute atomic E-state index is 0.0888. The Balaban J connectivity index is 2.26. The Kier molecular flexibility index (Phi) is 2.23. The van der Waals surface area contributed by atoms with Crippen LogP contribution in [-0.2, 0) is 0 Å². The predicted octanol–water partition coefficient (Wildman–Crippen LogP) is 2.47. The molecule has 2 aromatic heterocycles. The second kappa shape index (κ2) is 3.77. The second-order valence-corrected chi connectivity index (χ2v) is 4.22. The number of anilines is 1. The summed E-state index contributed by atoms with van der Waals surface area (Å²) in [6.07, 6.45) is 1.71. The van der Waals surface area contributed by atoms with Gasteiger partial charge >= 0.3 is 0 Å². The highest BCUT2D eigenvalue weighted by Gasteiger charge is 2.08. The lowest BCUT2D eigenvalue weighted by molar-refractivity contribution is 0.578. The number of hydrogen-bond donors (Lipinski definition) is 1. The van der Waals surface area contributed by atoms with Gasteiger partial charge in [0.1, 0.15) is 11.3 Å². The Morgan fingerprint density at radius 3 is 2.61 bits per heavy atom. The summed E-state index contributed by atoms with van der Waals surface area (Å²) in [5, 5.41) is 0.590. The topological polar surface area (TPSA) is 61.2 Å². The SMILES string of the molecule is Cc1cc2c(=O)n(-c3ccc(N)cc3)ccc2o1. The van der Waals surface area contributed by atoms with Gasteiger partial charge in [0.15, 0.2) is 0 Å². The summed E-state index contributed by atoms with van der Waals surface area (Å²) in [6, 6.07) is 10.7. The molecule has 0 aliphatic rings. The van der Waals surface area contributed by atoms with E-state index in [4.69, 9.17) is 10.2 Å². The van der Waals surface area contributed by atoms with E-state index in [0.717, 1.165) is 11.4 Å². The molecule has 0 bridgehead atoms. The summed E-state index contributed by atoms with van der Waals surface area (Å²) in [6.45, 7) is 1.83. The summed E-state index contributed by atoms with van der Waals surface area (Å²) in [5.41, 5.74) is 7.62. The predicted molar refractivity (Wildman–Crippen MR) is 71.0 cm³/mol. The summed E-state index contributed by atoms with van der Waals surface area (Å²) in [7, 11) is 0. The Labute approximate surface area is 103 Å². The van der Waals surface area contributed by atoms with Crippen molar-refractivity contribution in [3.63, 3.8) is 0 Å². The van der Waals surface area contributed by atoms with Crippen LogP contribution in [0.25, 0.3) is 16.7 Å². The zero-order valence-corrected chi connectivity index (χ0v) is 9.88. The van der Waals surface area contributed by atoms with Gasteiger partial charge in [-0.25, -0.2) is 0 Å². The molecule has 0 aliphatic heterocycles.